The van der Waals surface area contributed by atoms with E-state index in [0.717, 1.165) is 0 Å². The van der Waals surface area contributed by atoms with E-state index < -0.39 is 17.3 Å². The third kappa shape index (κ3) is 13.4. The van der Waals surface area contributed by atoms with Crippen LogP contribution in [0, 0.1) is 0 Å². The van der Waals surface area contributed by atoms with Crippen molar-refractivity contribution in [3.8, 4) is 0 Å². The smallest absolute Gasteiger partial charge is 1.00 e. The Hall–Kier alpha value is 0.357. The van der Waals surface area contributed by atoms with Crippen LogP contribution in [-0.4, -0.2) is 33.0 Å². The molecule has 8 heteroatoms. The maximum Gasteiger partial charge on any atom is 1.00 e. The molecular formula is C3H8FLiO5S. The summed E-state index contributed by atoms with van der Waals surface area (Å²) in [5.74, 6) is 0. The molecule has 0 amide bonds. The Labute approximate surface area is 77.5 Å². The predicted octanol–water partition coefficient (Wildman–Crippen LogP) is -3.13. The fraction of sp³-hybridized carbons (Fsp3) is 1.00. The van der Waals surface area contributed by atoms with E-state index in [-0.39, 0.29) is 33.5 Å². The van der Waals surface area contributed by atoms with Crippen LogP contribution in [0.1, 0.15) is 1.43 Å². The molecule has 0 bridgehead atoms. The maximum absolute atomic E-state index is 11.1. The molecule has 0 fully saturated rings. The zero-order valence-electron chi connectivity index (χ0n) is 6.99. The van der Waals surface area contributed by atoms with Crippen molar-refractivity contribution in [2.75, 3.05) is 20.1 Å². The Morgan fingerprint density at radius 3 is 2.36 bits per heavy atom. The first-order valence-electron chi connectivity index (χ1n) is 2.32. The van der Waals surface area contributed by atoms with Gasteiger partial charge in [0.05, 0.1) is 13.2 Å². The molecule has 0 aliphatic heterocycles. The third-order valence-corrected chi connectivity index (χ3v) is 1.00. The zero-order chi connectivity index (χ0) is 8.04. The summed E-state index contributed by atoms with van der Waals surface area (Å²) >= 11 is 0. The normalized spacial score (nSPS) is 10.7. The molecule has 0 rings (SSSR count). The van der Waals surface area contributed by atoms with E-state index in [9.17, 15) is 12.8 Å². The van der Waals surface area contributed by atoms with Crippen LogP contribution in [0.15, 0.2) is 0 Å². The SMILES string of the molecule is O=S(=O)(O)OCCOCF.[H-].[Li+]. The van der Waals surface area contributed by atoms with E-state index in [1.54, 1.807) is 0 Å². The second-order valence-electron chi connectivity index (χ2n) is 1.27. The van der Waals surface area contributed by atoms with E-state index in [1.165, 1.54) is 0 Å². The number of alkyl halides is 1. The molecule has 0 aromatic rings. The van der Waals surface area contributed by atoms with Crippen molar-refractivity contribution in [3.63, 3.8) is 0 Å². The number of halogens is 1. The quantitative estimate of drug-likeness (QED) is 0.276. The molecule has 0 aromatic heterocycles. The Morgan fingerprint density at radius 2 is 2.00 bits per heavy atom. The number of ether oxygens (including phenoxy) is 1. The molecule has 0 spiro atoms. The maximum atomic E-state index is 11.1. The first-order chi connectivity index (χ1) is 4.56. The molecule has 0 radical (unpaired) electrons. The third-order valence-electron chi connectivity index (χ3n) is 0.537. The van der Waals surface area contributed by atoms with Crippen molar-refractivity contribution >= 4 is 10.4 Å². The molecule has 0 heterocycles. The Morgan fingerprint density at radius 1 is 1.45 bits per heavy atom. The van der Waals surface area contributed by atoms with Gasteiger partial charge in [0, 0.05) is 0 Å². The van der Waals surface area contributed by atoms with Gasteiger partial charge in [-0.25, -0.2) is 8.57 Å². The van der Waals surface area contributed by atoms with Gasteiger partial charge in [-0.05, 0) is 0 Å². The minimum atomic E-state index is -4.41. The minimum Gasteiger partial charge on any atom is -1.00 e. The molecule has 0 atom stereocenters. The monoisotopic (exact) mass is 182 g/mol. The molecule has 64 valence electrons. The van der Waals surface area contributed by atoms with Gasteiger partial charge in [-0.3, -0.25) is 4.55 Å². The van der Waals surface area contributed by atoms with E-state index >= 15 is 0 Å². The van der Waals surface area contributed by atoms with Crippen LogP contribution in [0.2, 0.25) is 0 Å². The van der Waals surface area contributed by atoms with E-state index in [4.69, 9.17) is 4.55 Å². The van der Waals surface area contributed by atoms with Crippen LogP contribution in [0.5, 0.6) is 0 Å². The molecule has 0 saturated carbocycles. The summed E-state index contributed by atoms with van der Waals surface area (Å²) in [6, 6.07) is 0. The van der Waals surface area contributed by atoms with E-state index in [0.29, 0.717) is 0 Å². The van der Waals surface area contributed by atoms with Gasteiger partial charge in [-0.2, -0.15) is 8.42 Å². The van der Waals surface area contributed by atoms with E-state index in [2.05, 4.69) is 8.92 Å². The van der Waals surface area contributed by atoms with Crippen LogP contribution in [0.3, 0.4) is 0 Å². The largest absolute Gasteiger partial charge is 1.00 e. The summed E-state index contributed by atoms with van der Waals surface area (Å²) in [6.45, 7) is -1.60. The summed E-state index contributed by atoms with van der Waals surface area (Å²) < 4.78 is 46.4. The van der Waals surface area contributed by atoms with Crippen molar-refractivity contribution < 1.29 is 46.6 Å². The Kier molecular flexibility index (Phi) is 8.89. The number of rotatable bonds is 5. The van der Waals surface area contributed by atoms with Gasteiger partial charge in [-0.1, -0.05) is 0 Å². The molecule has 1 N–H and O–H groups in total. The average molecular weight is 182 g/mol. The van der Waals surface area contributed by atoms with Crippen molar-refractivity contribution in [2.45, 2.75) is 0 Å². The van der Waals surface area contributed by atoms with Crippen molar-refractivity contribution in [3.05, 3.63) is 0 Å². The summed E-state index contributed by atoms with van der Waals surface area (Å²) in [5, 5.41) is 0. The zero-order valence-corrected chi connectivity index (χ0v) is 6.80. The van der Waals surface area contributed by atoms with Gasteiger partial charge in [0.25, 0.3) is 0 Å². The molecule has 0 saturated heterocycles. The molecular weight excluding hydrogens is 174 g/mol. The summed E-state index contributed by atoms with van der Waals surface area (Å²) in [7, 11) is -4.41. The minimum absolute atomic E-state index is 0. The number of hydrogen-bond donors (Lipinski definition) is 1. The second-order valence-corrected chi connectivity index (χ2v) is 2.36. The summed E-state index contributed by atoms with van der Waals surface area (Å²) in [5.41, 5.74) is 0. The fourth-order valence-electron chi connectivity index (χ4n) is 0.253. The average Bonchev–Trinajstić information content (AvgIpc) is 1.78. The topological polar surface area (TPSA) is 72.8 Å². The Balaban J connectivity index is -0.000000405. The van der Waals surface area contributed by atoms with Crippen LogP contribution in [0.25, 0.3) is 0 Å². The van der Waals surface area contributed by atoms with Gasteiger partial charge in [0.2, 0.25) is 0 Å². The first-order valence-corrected chi connectivity index (χ1v) is 3.68. The van der Waals surface area contributed by atoms with Gasteiger partial charge in [0.1, 0.15) is 0 Å². The van der Waals surface area contributed by atoms with Gasteiger partial charge < -0.3 is 6.16 Å². The Bertz CT molecular complexity index is 174. The van der Waals surface area contributed by atoms with Crippen LogP contribution in [-0.2, 0) is 19.3 Å². The summed E-state index contributed by atoms with van der Waals surface area (Å²) in [6.07, 6.45) is 0. The van der Waals surface area contributed by atoms with Crippen LogP contribution in [0.4, 0.5) is 4.39 Å². The molecule has 0 aromatic carbocycles. The fourth-order valence-corrected chi connectivity index (χ4v) is 0.531. The first kappa shape index (κ1) is 13.9. The molecule has 0 aliphatic carbocycles. The van der Waals surface area contributed by atoms with Gasteiger partial charge in [-0.15, -0.1) is 0 Å². The molecule has 11 heavy (non-hydrogen) atoms. The van der Waals surface area contributed by atoms with Crippen LogP contribution >= 0.6 is 0 Å². The molecule has 5 nitrogen and oxygen atoms in total. The van der Waals surface area contributed by atoms with Crippen molar-refractivity contribution in [1.29, 1.82) is 0 Å². The van der Waals surface area contributed by atoms with Gasteiger partial charge in [0.15, 0.2) is 6.86 Å². The van der Waals surface area contributed by atoms with Gasteiger partial charge >= 0.3 is 29.3 Å². The van der Waals surface area contributed by atoms with Crippen molar-refractivity contribution in [1.82, 2.24) is 0 Å². The molecule has 0 unspecified atom stereocenters. The predicted molar refractivity (Wildman–Crippen MR) is 30.5 cm³/mol. The summed E-state index contributed by atoms with van der Waals surface area (Å²) in [4.78, 5) is 0. The second kappa shape index (κ2) is 7.03. The van der Waals surface area contributed by atoms with Crippen molar-refractivity contribution in [2.24, 2.45) is 0 Å². The molecule has 0 aliphatic rings. The standard InChI is InChI=1S/C3H7FO5S.Li.H/c4-3-8-1-2-9-10(5,6)7;;/h1-3H2,(H,5,6,7);;/q;+1;-1. The number of hydrogen-bond acceptors (Lipinski definition) is 4. The van der Waals surface area contributed by atoms with Crippen LogP contribution < -0.4 is 18.9 Å². The van der Waals surface area contributed by atoms with E-state index in [1.807, 2.05) is 0 Å².